The van der Waals surface area contributed by atoms with Crippen LogP contribution in [0.3, 0.4) is 0 Å². The summed E-state index contributed by atoms with van der Waals surface area (Å²) in [6, 6.07) is 17.1. The van der Waals surface area contributed by atoms with Gasteiger partial charge in [-0.15, -0.1) is 0 Å². The zero-order valence-corrected chi connectivity index (χ0v) is 13.5. The van der Waals surface area contributed by atoms with Crippen molar-refractivity contribution in [3.8, 4) is 17.1 Å². The summed E-state index contributed by atoms with van der Waals surface area (Å²) in [6.45, 7) is 0.719. The van der Waals surface area contributed by atoms with Crippen LogP contribution < -0.4 is 5.32 Å². The lowest BCUT2D eigenvalue weighted by Gasteiger charge is -2.06. The maximum atomic E-state index is 9.33. The predicted octanol–water partition coefficient (Wildman–Crippen LogP) is 3.38. The molecular formula is C19H17N5O. The molecule has 0 spiro atoms. The van der Waals surface area contributed by atoms with E-state index in [4.69, 9.17) is 0 Å². The third-order valence-electron chi connectivity index (χ3n) is 3.98. The molecule has 0 amide bonds. The number of nitrogens with one attached hydrogen (secondary N) is 2. The van der Waals surface area contributed by atoms with E-state index in [0.29, 0.717) is 5.65 Å². The maximum absolute atomic E-state index is 9.33. The van der Waals surface area contributed by atoms with Crippen LogP contribution >= 0.6 is 0 Å². The lowest BCUT2D eigenvalue weighted by Crippen LogP contribution is -2.07. The Morgan fingerprint density at radius 1 is 0.960 bits per heavy atom. The number of hydrogen-bond acceptors (Lipinski definition) is 5. The van der Waals surface area contributed by atoms with Gasteiger partial charge in [-0.3, -0.25) is 0 Å². The lowest BCUT2D eigenvalue weighted by atomic mass is 10.1. The molecular weight excluding hydrogens is 314 g/mol. The molecule has 2 aromatic carbocycles. The van der Waals surface area contributed by atoms with E-state index < -0.39 is 0 Å². The van der Waals surface area contributed by atoms with E-state index in [2.05, 4.69) is 25.3 Å². The fourth-order valence-corrected chi connectivity index (χ4v) is 2.68. The van der Waals surface area contributed by atoms with Crippen molar-refractivity contribution >= 4 is 17.0 Å². The van der Waals surface area contributed by atoms with Gasteiger partial charge in [0.05, 0.1) is 0 Å². The van der Waals surface area contributed by atoms with Crippen LogP contribution in [-0.2, 0) is 6.42 Å². The Balaban J connectivity index is 1.53. The molecule has 0 fully saturated rings. The van der Waals surface area contributed by atoms with Gasteiger partial charge < -0.3 is 15.4 Å². The molecule has 0 radical (unpaired) electrons. The summed E-state index contributed by atoms with van der Waals surface area (Å²) < 4.78 is 0. The molecule has 3 N–H and O–H groups in total. The molecule has 6 heteroatoms. The minimum Gasteiger partial charge on any atom is -0.508 e. The first-order valence-corrected chi connectivity index (χ1v) is 8.07. The Morgan fingerprint density at radius 3 is 2.56 bits per heavy atom. The third-order valence-corrected chi connectivity index (χ3v) is 3.98. The SMILES string of the molecule is Oc1ccc(CCNc2ncnc3nc(-c4ccccc4)[nH]c23)cc1. The standard InChI is InChI=1S/C19H17N5O/c25-15-8-6-13(7-9-15)10-11-20-18-16-19(22-12-21-18)24-17(23-16)14-4-2-1-3-5-14/h1-9,12,25H,10-11H2,(H2,20,21,22,23,24). The van der Waals surface area contributed by atoms with Crippen molar-refractivity contribution in [1.29, 1.82) is 0 Å². The molecule has 6 nitrogen and oxygen atoms in total. The highest BCUT2D eigenvalue weighted by Gasteiger charge is 2.10. The van der Waals surface area contributed by atoms with Crippen molar-refractivity contribution in [3.05, 3.63) is 66.5 Å². The number of nitrogens with zero attached hydrogens (tertiary/aromatic N) is 3. The van der Waals surface area contributed by atoms with Crippen LogP contribution in [0.1, 0.15) is 5.56 Å². The van der Waals surface area contributed by atoms with Crippen molar-refractivity contribution in [3.63, 3.8) is 0 Å². The molecule has 2 aromatic heterocycles. The summed E-state index contributed by atoms with van der Waals surface area (Å²) in [6.07, 6.45) is 2.34. The second kappa shape index (κ2) is 6.60. The molecule has 124 valence electrons. The van der Waals surface area contributed by atoms with E-state index in [1.807, 2.05) is 42.5 Å². The number of phenolic OH excluding ortho intramolecular Hbond substituents is 1. The van der Waals surface area contributed by atoms with Crippen molar-refractivity contribution in [2.75, 3.05) is 11.9 Å². The normalized spacial score (nSPS) is 10.9. The van der Waals surface area contributed by atoms with E-state index in [-0.39, 0.29) is 5.75 Å². The summed E-state index contributed by atoms with van der Waals surface area (Å²) in [5.74, 6) is 1.79. The third kappa shape index (κ3) is 3.28. The molecule has 4 rings (SSSR count). The molecule has 0 aliphatic rings. The van der Waals surface area contributed by atoms with E-state index in [1.54, 1.807) is 12.1 Å². The Labute approximate surface area is 144 Å². The first-order chi connectivity index (χ1) is 12.3. The van der Waals surface area contributed by atoms with Gasteiger partial charge >= 0.3 is 0 Å². The number of rotatable bonds is 5. The Hall–Kier alpha value is -3.41. The van der Waals surface area contributed by atoms with Crippen LogP contribution in [0.25, 0.3) is 22.6 Å². The highest BCUT2D eigenvalue weighted by atomic mass is 16.3. The van der Waals surface area contributed by atoms with Crippen molar-refractivity contribution in [2.45, 2.75) is 6.42 Å². The summed E-state index contributed by atoms with van der Waals surface area (Å²) in [5.41, 5.74) is 3.59. The smallest absolute Gasteiger partial charge is 0.183 e. The van der Waals surface area contributed by atoms with Crippen LogP contribution in [-0.4, -0.2) is 31.6 Å². The highest BCUT2D eigenvalue weighted by molar-refractivity contribution is 5.85. The Kier molecular flexibility index (Phi) is 4.00. The second-order valence-corrected chi connectivity index (χ2v) is 5.72. The first kappa shape index (κ1) is 15.1. The Bertz CT molecular complexity index is 980. The van der Waals surface area contributed by atoms with Gasteiger partial charge in [-0.1, -0.05) is 42.5 Å². The van der Waals surface area contributed by atoms with Gasteiger partial charge in [0.1, 0.15) is 23.4 Å². The van der Waals surface area contributed by atoms with Gasteiger partial charge in [-0.2, -0.15) is 0 Å². The average molecular weight is 331 g/mol. The fraction of sp³-hybridized carbons (Fsp3) is 0.105. The molecule has 0 unspecified atom stereocenters. The van der Waals surface area contributed by atoms with Crippen molar-refractivity contribution in [2.24, 2.45) is 0 Å². The van der Waals surface area contributed by atoms with Crippen LogP contribution in [0, 0.1) is 0 Å². The number of anilines is 1. The monoisotopic (exact) mass is 331 g/mol. The van der Waals surface area contributed by atoms with E-state index in [9.17, 15) is 5.11 Å². The van der Waals surface area contributed by atoms with Gasteiger partial charge in [-0.05, 0) is 24.1 Å². The molecule has 0 atom stereocenters. The molecule has 4 aromatic rings. The molecule has 25 heavy (non-hydrogen) atoms. The van der Waals surface area contributed by atoms with Crippen LogP contribution in [0.15, 0.2) is 60.9 Å². The van der Waals surface area contributed by atoms with Gasteiger partial charge in [0.25, 0.3) is 0 Å². The summed E-state index contributed by atoms with van der Waals surface area (Å²) in [7, 11) is 0. The van der Waals surface area contributed by atoms with Gasteiger partial charge in [0, 0.05) is 12.1 Å². The number of phenols is 1. The number of fused-ring (bicyclic) bond motifs is 1. The largest absolute Gasteiger partial charge is 0.508 e. The van der Waals surface area contributed by atoms with Gasteiger partial charge in [-0.25, -0.2) is 15.0 Å². The fourth-order valence-electron chi connectivity index (χ4n) is 2.68. The number of aromatic amines is 1. The molecule has 0 bridgehead atoms. The molecule has 2 heterocycles. The average Bonchev–Trinajstić information content (AvgIpc) is 3.09. The van der Waals surface area contributed by atoms with E-state index >= 15 is 0 Å². The quantitative estimate of drug-likeness (QED) is 0.522. The van der Waals surface area contributed by atoms with Crippen LogP contribution in [0.5, 0.6) is 5.75 Å². The van der Waals surface area contributed by atoms with Crippen LogP contribution in [0.2, 0.25) is 0 Å². The zero-order chi connectivity index (χ0) is 17.1. The number of hydrogen-bond donors (Lipinski definition) is 3. The number of H-pyrrole nitrogens is 1. The maximum Gasteiger partial charge on any atom is 0.183 e. The number of aromatic nitrogens is 4. The molecule has 0 saturated heterocycles. The molecule has 0 aliphatic heterocycles. The molecule has 0 saturated carbocycles. The number of aromatic hydroxyl groups is 1. The first-order valence-electron chi connectivity index (χ1n) is 8.07. The van der Waals surface area contributed by atoms with Gasteiger partial charge in [0.2, 0.25) is 0 Å². The lowest BCUT2D eigenvalue weighted by molar-refractivity contribution is 0.475. The van der Waals surface area contributed by atoms with Crippen LogP contribution in [0.4, 0.5) is 5.82 Å². The predicted molar refractivity (Wildman–Crippen MR) is 97.4 cm³/mol. The highest BCUT2D eigenvalue weighted by Crippen LogP contribution is 2.22. The second-order valence-electron chi connectivity index (χ2n) is 5.72. The van der Waals surface area contributed by atoms with Crippen molar-refractivity contribution < 1.29 is 5.11 Å². The topological polar surface area (TPSA) is 86.7 Å². The number of imidazole rings is 1. The van der Waals surface area contributed by atoms with E-state index in [0.717, 1.165) is 41.3 Å². The summed E-state index contributed by atoms with van der Waals surface area (Å²) in [5, 5.41) is 12.7. The van der Waals surface area contributed by atoms with Gasteiger partial charge in [0.15, 0.2) is 11.5 Å². The van der Waals surface area contributed by atoms with E-state index in [1.165, 1.54) is 6.33 Å². The minimum absolute atomic E-state index is 0.278. The summed E-state index contributed by atoms with van der Waals surface area (Å²) >= 11 is 0. The minimum atomic E-state index is 0.278. The summed E-state index contributed by atoms with van der Waals surface area (Å²) in [4.78, 5) is 16.4. The van der Waals surface area contributed by atoms with Crippen molar-refractivity contribution in [1.82, 2.24) is 19.9 Å². The Morgan fingerprint density at radius 2 is 1.76 bits per heavy atom. The molecule has 0 aliphatic carbocycles. The number of benzene rings is 2. The zero-order valence-electron chi connectivity index (χ0n) is 13.5.